The fraction of sp³-hybridized carbons (Fsp3) is 0.182. The zero-order chi connectivity index (χ0) is 10.8. The largest absolute Gasteiger partial charge is 0.382 e. The highest BCUT2D eigenvalue weighted by atomic mass is 127. The van der Waals surface area contributed by atoms with E-state index in [-0.39, 0.29) is 0 Å². The lowest BCUT2D eigenvalue weighted by molar-refractivity contribution is 0.689. The van der Waals surface area contributed by atoms with E-state index in [4.69, 9.17) is 5.73 Å². The Hall–Kier alpha value is -1.04. The fourth-order valence-corrected chi connectivity index (χ4v) is 1.75. The van der Waals surface area contributed by atoms with Gasteiger partial charge in [0.25, 0.3) is 0 Å². The third-order valence-electron chi connectivity index (χ3n) is 2.24. The van der Waals surface area contributed by atoms with Gasteiger partial charge in [0.2, 0.25) is 0 Å². The molecule has 0 aliphatic rings. The molecule has 0 aliphatic carbocycles. The first kappa shape index (κ1) is 10.5. The van der Waals surface area contributed by atoms with E-state index in [1.54, 1.807) is 0 Å². The Kier molecular flexibility index (Phi) is 2.95. The quantitative estimate of drug-likeness (QED) is 0.866. The van der Waals surface area contributed by atoms with Gasteiger partial charge in [0, 0.05) is 15.3 Å². The van der Waals surface area contributed by atoms with Crippen LogP contribution in [0.4, 0.5) is 5.82 Å². The second-order valence-electron chi connectivity index (χ2n) is 3.52. The van der Waals surface area contributed by atoms with E-state index in [0.717, 1.165) is 12.1 Å². The van der Waals surface area contributed by atoms with Gasteiger partial charge in [-0.1, -0.05) is 12.1 Å². The second-order valence-corrected chi connectivity index (χ2v) is 4.77. The topological polar surface area (TPSA) is 43.8 Å². The molecule has 0 radical (unpaired) electrons. The highest BCUT2D eigenvalue weighted by Gasteiger charge is 2.01. The van der Waals surface area contributed by atoms with E-state index in [0.29, 0.717) is 5.82 Å². The summed E-state index contributed by atoms with van der Waals surface area (Å²) in [6.45, 7) is 2.74. The average Bonchev–Trinajstić information content (AvgIpc) is 2.50. The highest BCUT2D eigenvalue weighted by molar-refractivity contribution is 14.1. The van der Waals surface area contributed by atoms with E-state index < -0.39 is 0 Å². The third kappa shape index (κ3) is 2.50. The Morgan fingerprint density at radius 2 is 2.00 bits per heavy atom. The molecule has 0 amide bonds. The Morgan fingerprint density at radius 1 is 1.33 bits per heavy atom. The summed E-state index contributed by atoms with van der Waals surface area (Å²) in [5.74, 6) is 0.612. The van der Waals surface area contributed by atoms with Gasteiger partial charge in [-0.25, -0.2) is 0 Å². The van der Waals surface area contributed by atoms with E-state index in [1.165, 1.54) is 9.13 Å². The predicted molar refractivity (Wildman–Crippen MR) is 69.6 cm³/mol. The molecule has 0 atom stereocenters. The van der Waals surface area contributed by atoms with Crippen molar-refractivity contribution in [2.75, 3.05) is 5.73 Å². The number of rotatable bonds is 2. The van der Waals surface area contributed by atoms with Crippen LogP contribution in [0.2, 0.25) is 0 Å². The Morgan fingerprint density at radius 3 is 2.53 bits per heavy atom. The maximum atomic E-state index is 5.69. The fourth-order valence-electron chi connectivity index (χ4n) is 1.39. The van der Waals surface area contributed by atoms with Crippen molar-refractivity contribution in [3.63, 3.8) is 0 Å². The molecular formula is C11H12IN3. The molecule has 0 saturated heterocycles. The van der Waals surface area contributed by atoms with E-state index in [1.807, 2.05) is 17.8 Å². The lowest BCUT2D eigenvalue weighted by Crippen LogP contribution is -2.00. The Balaban J connectivity index is 2.18. The molecule has 0 spiro atoms. The molecule has 2 N–H and O–H groups in total. The SMILES string of the molecule is Cc1cn(Cc2ccc(I)cc2)nc1N. The van der Waals surface area contributed by atoms with Gasteiger partial charge < -0.3 is 5.73 Å². The standard InChI is InChI=1S/C11H12IN3/c1-8-6-15(14-11(8)13)7-9-2-4-10(12)5-3-9/h2-6H,7H2,1H3,(H2,13,14). The van der Waals surface area contributed by atoms with Gasteiger partial charge in [0.15, 0.2) is 0 Å². The van der Waals surface area contributed by atoms with Crippen LogP contribution in [0.5, 0.6) is 0 Å². The number of nitrogens with zero attached hydrogens (tertiary/aromatic N) is 2. The number of benzene rings is 1. The summed E-state index contributed by atoms with van der Waals surface area (Å²) in [5, 5.41) is 4.22. The number of aromatic nitrogens is 2. The average molecular weight is 313 g/mol. The van der Waals surface area contributed by atoms with Crippen molar-refractivity contribution in [1.82, 2.24) is 9.78 Å². The van der Waals surface area contributed by atoms with Crippen molar-refractivity contribution < 1.29 is 0 Å². The van der Waals surface area contributed by atoms with Crippen molar-refractivity contribution in [1.29, 1.82) is 0 Å². The van der Waals surface area contributed by atoms with Crippen LogP contribution in [0, 0.1) is 10.5 Å². The molecular weight excluding hydrogens is 301 g/mol. The van der Waals surface area contributed by atoms with Crippen molar-refractivity contribution in [2.45, 2.75) is 13.5 Å². The molecule has 1 aromatic carbocycles. The first-order valence-electron chi connectivity index (χ1n) is 4.69. The van der Waals surface area contributed by atoms with Gasteiger partial charge in [0.05, 0.1) is 6.54 Å². The van der Waals surface area contributed by atoms with Gasteiger partial charge in [-0.15, -0.1) is 0 Å². The van der Waals surface area contributed by atoms with Gasteiger partial charge >= 0.3 is 0 Å². The van der Waals surface area contributed by atoms with Crippen molar-refractivity contribution in [3.05, 3.63) is 45.2 Å². The Bertz CT molecular complexity index is 440. The summed E-state index contributed by atoms with van der Waals surface area (Å²) in [4.78, 5) is 0. The number of nitrogen functional groups attached to an aromatic ring is 1. The van der Waals surface area contributed by atoms with E-state index in [9.17, 15) is 0 Å². The van der Waals surface area contributed by atoms with Crippen LogP contribution in [-0.2, 0) is 6.54 Å². The van der Waals surface area contributed by atoms with Crippen molar-refractivity contribution in [3.8, 4) is 0 Å². The van der Waals surface area contributed by atoms with Crippen molar-refractivity contribution >= 4 is 28.4 Å². The summed E-state index contributed by atoms with van der Waals surface area (Å²) in [5.41, 5.74) is 7.95. The summed E-state index contributed by atoms with van der Waals surface area (Å²) in [6, 6.07) is 8.40. The lowest BCUT2D eigenvalue weighted by Gasteiger charge is -2.01. The normalized spacial score (nSPS) is 10.5. The van der Waals surface area contributed by atoms with Crippen LogP contribution in [0.1, 0.15) is 11.1 Å². The molecule has 0 bridgehead atoms. The maximum absolute atomic E-state index is 5.69. The van der Waals surface area contributed by atoms with Gasteiger partial charge in [-0.2, -0.15) is 5.10 Å². The second kappa shape index (κ2) is 4.22. The first-order valence-corrected chi connectivity index (χ1v) is 5.77. The Labute approximate surface area is 102 Å². The van der Waals surface area contributed by atoms with Crippen LogP contribution in [0.3, 0.4) is 0 Å². The minimum absolute atomic E-state index is 0.612. The number of hydrogen-bond donors (Lipinski definition) is 1. The van der Waals surface area contributed by atoms with E-state index in [2.05, 4.69) is 52.0 Å². The maximum Gasteiger partial charge on any atom is 0.148 e. The molecule has 15 heavy (non-hydrogen) atoms. The molecule has 2 aromatic rings. The van der Waals surface area contributed by atoms with Crippen LogP contribution in [0.25, 0.3) is 0 Å². The monoisotopic (exact) mass is 313 g/mol. The molecule has 78 valence electrons. The number of anilines is 1. The molecule has 2 rings (SSSR count). The number of hydrogen-bond acceptors (Lipinski definition) is 2. The predicted octanol–water partition coefficient (Wildman–Crippen LogP) is 2.43. The summed E-state index contributed by atoms with van der Waals surface area (Å²) in [6.07, 6.45) is 1.97. The molecule has 1 heterocycles. The molecule has 1 aromatic heterocycles. The molecule has 0 fully saturated rings. The van der Waals surface area contributed by atoms with Gasteiger partial charge in [-0.05, 0) is 47.2 Å². The zero-order valence-corrected chi connectivity index (χ0v) is 10.6. The number of nitrogens with two attached hydrogens (primary N) is 1. The summed E-state index contributed by atoms with van der Waals surface area (Å²) < 4.78 is 3.11. The molecule has 0 aliphatic heterocycles. The summed E-state index contributed by atoms with van der Waals surface area (Å²) in [7, 11) is 0. The van der Waals surface area contributed by atoms with E-state index >= 15 is 0 Å². The number of halogens is 1. The molecule has 0 saturated carbocycles. The lowest BCUT2D eigenvalue weighted by atomic mass is 10.2. The molecule has 3 nitrogen and oxygen atoms in total. The minimum atomic E-state index is 0.612. The van der Waals surface area contributed by atoms with Gasteiger partial charge in [0.1, 0.15) is 5.82 Å². The van der Waals surface area contributed by atoms with Crippen LogP contribution in [0.15, 0.2) is 30.5 Å². The van der Waals surface area contributed by atoms with Crippen LogP contribution < -0.4 is 5.73 Å². The summed E-state index contributed by atoms with van der Waals surface area (Å²) >= 11 is 2.29. The number of aryl methyl sites for hydroxylation is 1. The third-order valence-corrected chi connectivity index (χ3v) is 2.96. The van der Waals surface area contributed by atoms with Crippen LogP contribution >= 0.6 is 22.6 Å². The minimum Gasteiger partial charge on any atom is -0.382 e. The van der Waals surface area contributed by atoms with Crippen LogP contribution in [-0.4, -0.2) is 9.78 Å². The first-order chi connectivity index (χ1) is 7.15. The molecule has 0 unspecified atom stereocenters. The zero-order valence-electron chi connectivity index (χ0n) is 8.44. The van der Waals surface area contributed by atoms with Crippen molar-refractivity contribution in [2.24, 2.45) is 0 Å². The highest BCUT2D eigenvalue weighted by Crippen LogP contribution is 2.11. The van der Waals surface area contributed by atoms with Gasteiger partial charge in [-0.3, -0.25) is 4.68 Å². The molecule has 4 heteroatoms. The smallest absolute Gasteiger partial charge is 0.148 e.